The molecule has 0 aromatic heterocycles. The number of piperidine rings is 1. The fraction of sp³-hybridized carbons (Fsp3) is 0.417. The molecule has 0 saturated carbocycles. The van der Waals surface area contributed by atoms with Crippen molar-refractivity contribution in [2.24, 2.45) is 5.73 Å². The second-order valence-electron chi connectivity index (χ2n) is 4.47. The number of rotatable bonds is 4. The van der Waals surface area contributed by atoms with Crippen LogP contribution in [0, 0.1) is 0 Å². The number of carbonyl (C=O) groups is 1. The van der Waals surface area contributed by atoms with E-state index in [9.17, 15) is 13.2 Å². The molecular formula is C12H17N3O3S. The predicted molar refractivity (Wildman–Crippen MR) is 70.7 cm³/mol. The quantitative estimate of drug-likeness (QED) is 0.706. The second-order valence-corrected chi connectivity index (χ2v) is 6.16. The van der Waals surface area contributed by atoms with Crippen LogP contribution in [0.3, 0.4) is 0 Å². The van der Waals surface area contributed by atoms with Gasteiger partial charge in [0.1, 0.15) is 0 Å². The van der Waals surface area contributed by atoms with Crippen molar-refractivity contribution in [1.29, 1.82) is 0 Å². The summed E-state index contributed by atoms with van der Waals surface area (Å²) in [5.41, 5.74) is 6.13. The zero-order valence-electron chi connectivity index (χ0n) is 10.4. The van der Waals surface area contributed by atoms with Crippen molar-refractivity contribution in [3.8, 4) is 0 Å². The van der Waals surface area contributed by atoms with Gasteiger partial charge in [-0.3, -0.25) is 4.79 Å². The molecule has 0 spiro atoms. The van der Waals surface area contributed by atoms with Crippen LogP contribution < -0.4 is 15.8 Å². The molecule has 4 N–H and O–H groups in total. The highest BCUT2D eigenvalue weighted by Gasteiger charge is 2.25. The van der Waals surface area contributed by atoms with Gasteiger partial charge in [0.2, 0.25) is 15.9 Å². The molecule has 2 rings (SSSR count). The van der Waals surface area contributed by atoms with Crippen molar-refractivity contribution in [3.63, 3.8) is 0 Å². The molecule has 19 heavy (non-hydrogen) atoms. The zero-order valence-corrected chi connectivity index (χ0v) is 11.2. The molecular weight excluding hydrogens is 266 g/mol. The highest BCUT2D eigenvalue weighted by molar-refractivity contribution is 7.89. The van der Waals surface area contributed by atoms with Crippen LogP contribution >= 0.6 is 0 Å². The molecule has 0 aliphatic carbocycles. The summed E-state index contributed by atoms with van der Waals surface area (Å²) < 4.78 is 27.2. The Kier molecular flexibility index (Phi) is 4.18. The van der Waals surface area contributed by atoms with E-state index in [0.717, 1.165) is 0 Å². The van der Waals surface area contributed by atoms with E-state index in [1.54, 1.807) is 18.2 Å². The lowest BCUT2D eigenvalue weighted by atomic mass is 10.1. The van der Waals surface area contributed by atoms with Crippen LogP contribution in [0.5, 0.6) is 0 Å². The molecule has 104 valence electrons. The maximum absolute atomic E-state index is 12.3. The molecule has 0 radical (unpaired) electrons. The minimum absolute atomic E-state index is 0.0437. The van der Waals surface area contributed by atoms with E-state index in [-0.39, 0.29) is 23.4 Å². The molecule has 1 unspecified atom stereocenters. The van der Waals surface area contributed by atoms with Gasteiger partial charge in [-0.25, -0.2) is 13.1 Å². The number of benzene rings is 1. The summed E-state index contributed by atoms with van der Waals surface area (Å²) in [6, 6.07) is 6.37. The van der Waals surface area contributed by atoms with Crippen LogP contribution in [0.15, 0.2) is 29.2 Å². The number of hydrogen-bond donors (Lipinski definition) is 3. The van der Waals surface area contributed by atoms with Crippen molar-refractivity contribution >= 4 is 15.9 Å². The summed E-state index contributed by atoms with van der Waals surface area (Å²) in [5, 5.41) is 2.64. The maximum atomic E-state index is 12.3. The molecule has 6 nitrogen and oxygen atoms in total. The Balaban J connectivity index is 2.16. The van der Waals surface area contributed by atoms with Crippen LogP contribution in [-0.2, 0) is 21.4 Å². The third kappa shape index (κ3) is 3.31. The van der Waals surface area contributed by atoms with Crippen LogP contribution in [-0.4, -0.2) is 26.9 Å². The molecule has 1 aromatic carbocycles. The Hall–Kier alpha value is -1.44. The van der Waals surface area contributed by atoms with Crippen molar-refractivity contribution in [1.82, 2.24) is 10.0 Å². The van der Waals surface area contributed by atoms with Gasteiger partial charge in [-0.2, -0.15) is 0 Å². The number of nitrogens with one attached hydrogen (secondary N) is 2. The normalized spacial score (nSPS) is 20.1. The number of carbonyl (C=O) groups excluding carboxylic acids is 1. The van der Waals surface area contributed by atoms with Crippen molar-refractivity contribution < 1.29 is 13.2 Å². The van der Waals surface area contributed by atoms with Crippen LogP contribution in [0.1, 0.15) is 18.4 Å². The first-order valence-electron chi connectivity index (χ1n) is 6.10. The average molecular weight is 283 g/mol. The monoisotopic (exact) mass is 283 g/mol. The number of amides is 1. The summed E-state index contributed by atoms with van der Waals surface area (Å²) in [6.07, 6.45) is 0.849. The van der Waals surface area contributed by atoms with Gasteiger partial charge < -0.3 is 11.1 Å². The molecule has 1 atom stereocenters. The smallest absolute Gasteiger partial charge is 0.241 e. The van der Waals surface area contributed by atoms with Crippen molar-refractivity contribution in [2.45, 2.75) is 30.3 Å². The largest absolute Gasteiger partial charge is 0.355 e. The number of hydrogen-bond acceptors (Lipinski definition) is 4. The molecule has 1 heterocycles. The number of nitrogens with two attached hydrogens (primary N) is 1. The highest BCUT2D eigenvalue weighted by atomic mass is 32.2. The average Bonchev–Trinajstić information content (AvgIpc) is 2.41. The maximum Gasteiger partial charge on any atom is 0.241 e. The lowest BCUT2D eigenvalue weighted by molar-refractivity contribution is -0.122. The third-order valence-corrected chi connectivity index (χ3v) is 4.69. The van der Waals surface area contributed by atoms with E-state index < -0.39 is 10.0 Å². The minimum Gasteiger partial charge on any atom is -0.355 e. The van der Waals surface area contributed by atoms with Gasteiger partial charge in [0.05, 0.1) is 4.90 Å². The molecule has 1 aliphatic rings. The highest BCUT2D eigenvalue weighted by Crippen LogP contribution is 2.16. The van der Waals surface area contributed by atoms with Gasteiger partial charge in [-0.1, -0.05) is 18.2 Å². The zero-order chi connectivity index (χ0) is 13.9. The summed E-state index contributed by atoms with van der Waals surface area (Å²) in [4.78, 5) is 11.2. The van der Waals surface area contributed by atoms with Crippen molar-refractivity contribution in [2.75, 3.05) is 6.54 Å². The van der Waals surface area contributed by atoms with E-state index in [1.165, 1.54) is 6.07 Å². The first-order valence-corrected chi connectivity index (χ1v) is 7.58. The molecule has 1 amide bonds. The molecule has 1 saturated heterocycles. The summed E-state index contributed by atoms with van der Waals surface area (Å²) in [5.74, 6) is -0.0437. The predicted octanol–water partition coefficient (Wildman–Crippen LogP) is -0.298. The van der Waals surface area contributed by atoms with Crippen LogP contribution in [0.25, 0.3) is 0 Å². The minimum atomic E-state index is -3.60. The van der Waals surface area contributed by atoms with Crippen LogP contribution in [0.4, 0.5) is 0 Å². The van der Waals surface area contributed by atoms with Crippen LogP contribution in [0.2, 0.25) is 0 Å². The first-order chi connectivity index (χ1) is 9.03. The van der Waals surface area contributed by atoms with Crippen molar-refractivity contribution in [3.05, 3.63) is 29.8 Å². The Morgan fingerprint density at radius 2 is 2.11 bits per heavy atom. The fourth-order valence-electron chi connectivity index (χ4n) is 2.05. The van der Waals surface area contributed by atoms with E-state index >= 15 is 0 Å². The lowest BCUT2D eigenvalue weighted by Gasteiger charge is -2.23. The molecule has 1 aliphatic heterocycles. The van der Waals surface area contributed by atoms with Gasteiger partial charge in [0.25, 0.3) is 0 Å². The van der Waals surface area contributed by atoms with E-state index in [0.29, 0.717) is 24.9 Å². The summed E-state index contributed by atoms with van der Waals surface area (Å²) >= 11 is 0. The van der Waals surface area contributed by atoms with Gasteiger partial charge in [0.15, 0.2) is 0 Å². The Morgan fingerprint density at radius 3 is 2.74 bits per heavy atom. The molecule has 1 fully saturated rings. The SMILES string of the molecule is NCc1ccccc1S(=O)(=O)NC1CCC(=O)NC1. The second kappa shape index (κ2) is 5.68. The van der Waals surface area contributed by atoms with Gasteiger partial charge in [-0.05, 0) is 18.1 Å². The standard InChI is InChI=1S/C12H17N3O3S/c13-7-9-3-1-2-4-11(9)19(17,18)15-10-5-6-12(16)14-8-10/h1-4,10,15H,5-8,13H2,(H,14,16). The van der Waals surface area contributed by atoms with E-state index in [2.05, 4.69) is 10.0 Å². The van der Waals surface area contributed by atoms with E-state index in [1.807, 2.05) is 0 Å². The summed E-state index contributed by atoms with van der Waals surface area (Å²) in [7, 11) is -3.60. The summed E-state index contributed by atoms with van der Waals surface area (Å²) in [6.45, 7) is 0.487. The topological polar surface area (TPSA) is 101 Å². The number of sulfonamides is 1. The Morgan fingerprint density at radius 1 is 1.37 bits per heavy atom. The Bertz CT molecular complexity index is 561. The van der Waals surface area contributed by atoms with E-state index in [4.69, 9.17) is 5.73 Å². The van der Waals surface area contributed by atoms with Gasteiger partial charge >= 0.3 is 0 Å². The van der Waals surface area contributed by atoms with Gasteiger partial charge in [0, 0.05) is 25.6 Å². The molecule has 0 bridgehead atoms. The Labute approximate surface area is 112 Å². The third-order valence-electron chi connectivity index (χ3n) is 3.07. The molecule has 7 heteroatoms. The molecule has 1 aromatic rings. The fourth-order valence-corrected chi connectivity index (χ4v) is 3.57. The van der Waals surface area contributed by atoms with Gasteiger partial charge in [-0.15, -0.1) is 0 Å². The lowest BCUT2D eigenvalue weighted by Crippen LogP contribution is -2.47. The first kappa shape index (κ1) is 14.0.